The van der Waals surface area contributed by atoms with E-state index < -0.39 is 18.1 Å². The van der Waals surface area contributed by atoms with Gasteiger partial charge in [0.25, 0.3) is 0 Å². The zero-order chi connectivity index (χ0) is 15.9. The molecule has 2 aromatic rings. The molecule has 116 valence electrons. The molecule has 1 amide bonds. The minimum absolute atomic E-state index is 0.115. The smallest absolute Gasteiger partial charge is 0.408 e. The lowest BCUT2D eigenvalue weighted by molar-refractivity contribution is -0.137. The van der Waals surface area contributed by atoms with Crippen LogP contribution in [0.25, 0.3) is 0 Å². The lowest BCUT2D eigenvalue weighted by atomic mass is 10.1. The first kappa shape index (κ1) is 15.6. The van der Waals surface area contributed by atoms with Gasteiger partial charge in [0, 0.05) is 0 Å². The molecular formula is C16H17NO5. The van der Waals surface area contributed by atoms with Crippen molar-refractivity contribution in [1.82, 2.24) is 5.32 Å². The van der Waals surface area contributed by atoms with E-state index >= 15 is 0 Å². The van der Waals surface area contributed by atoms with E-state index in [2.05, 4.69) is 5.32 Å². The van der Waals surface area contributed by atoms with Crippen LogP contribution in [0.15, 0.2) is 47.1 Å². The van der Waals surface area contributed by atoms with E-state index in [0.29, 0.717) is 5.76 Å². The van der Waals surface area contributed by atoms with Crippen molar-refractivity contribution in [2.24, 2.45) is 0 Å². The number of rotatable bonds is 6. The maximum absolute atomic E-state index is 11.8. The van der Waals surface area contributed by atoms with E-state index in [1.165, 1.54) is 6.26 Å². The van der Waals surface area contributed by atoms with Crippen molar-refractivity contribution in [2.45, 2.75) is 26.0 Å². The Morgan fingerprint density at radius 2 is 2.00 bits per heavy atom. The normalized spacial score (nSPS) is 11.7. The Hall–Kier alpha value is -2.76. The van der Waals surface area contributed by atoms with Crippen LogP contribution in [-0.2, 0) is 16.1 Å². The Kier molecular flexibility index (Phi) is 5.19. The van der Waals surface area contributed by atoms with Gasteiger partial charge in [-0.1, -0.05) is 30.3 Å². The summed E-state index contributed by atoms with van der Waals surface area (Å²) < 4.78 is 10.4. The van der Waals surface area contributed by atoms with Crippen molar-refractivity contribution in [3.63, 3.8) is 0 Å². The Balaban J connectivity index is 1.96. The molecule has 1 unspecified atom stereocenters. The molecule has 0 aliphatic heterocycles. The van der Waals surface area contributed by atoms with Crippen LogP contribution in [0.1, 0.15) is 29.3 Å². The standard InChI is InChI=1S/C16H17NO5/c1-11-7-8-21-15(11)13(9-14(18)19)17-16(20)22-10-12-5-3-2-4-6-12/h2-8,13H,9-10H2,1H3,(H,17,20)(H,18,19). The number of furan rings is 1. The number of aliphatic carboxylic acids is 1. The molecule has 0 bridgehead atoms. The number of amides is 1. The second kappa shape index (κ2) is 7.31. The molecule has 0 radical (unpaired) electrons. The summed E-state index contributed by atoms with van der Waals surface area (Å²) in [6.45, 7) is 1.90. The van der Waals surface area contributed by atoms with Crippen molar-refractivity contribution >= 4 is 12.1 Å². The van der Waals surface area contributed by atoms with Crippen LogP contribution in [-0.4, -0.2) is 17.2 Å². The fourth-order valence-corrected chi connectivity index (χ4v) is 2.03. The molecule has 2 N–H and O–H groups in total. The summed E-state index contributed by atoms with van der Waals surface area (Å²) in [6, 6.07) is 10.2. The van der Waals surface area contributed by atoms with Gasteiger partial charge in [-0.2, -0.15) is 0 Å². The van der Waals surface area contributed by atoms with Gasteiger partial charge in [0.05, 0.1) is 12.7 Å². The third-order valence-electron chi connectivity index (χ3n) is 3.10. The fraction of sp³-hybridized carbons (Fsp3) is 0.250. The van der Waals surface area contributed by atoms with E-state index in [1.54, 1.807) is 13.0 Å². The topological polar surface area (TPSA) is 88.8 Å². The second-order valence-corrected chi connectivity index (χ2v) is 4.82. The molecule has 1 aromatic heterocycles. The molecule has 0 aliphatic rings. The quantitative estimate of drug-likeness (QED) is 0.856. The number of hydrogen-bond acceptors (Lipinski definition) is 4. The largest absolute Gasteiger partial charge is 0.481 e. The zero-order valence-electron chi connectivity index (χ0n) is 12.1. The summed E-state index contributed by atoms with van der Waals surface area (Å²) in [7, 11) is 0. The van der Waals surface area contributed by atoms with Crippen LogP contribution < -0.4 is 5.32 Å². The molecule has 6 nitrogen and oxygen atoms in total. The van der Waals surface area contributed by atoms with Gasteiger partial charge < -0.3 is 19.6 Å². The van der Waals surface area contributed by atoms with Gasteiger partial charge in [0.2, 0.25) is 0 Å². The van der Waals surface area contributed by atoms with Crippen LogP contribution in [0, 0.1) is 6.92 Å². The number of aryl methyl sites for hydroxylation is 1. The minimum Gasteiger partial charge on any atom is -0.481 e. The van der Waals surface area contributed by atoms with Crippen LogP contribution >= 0.6 is 0 Å². The number of alkyl carbamates (subject to hydrolysis) is 1. The number of ether oxygens (including phenoxy) is 1. The highest BCUT2D eigenvalue weighted by Gasteiger charge is 2.23. The van der Waals surface area contributed by atoms with Crippen LogP contribution in [0.2, 0.25) is 0 Å². The van der Waals surface area contributed by atoms with Gasteiger partial charge in [-0.25, -0.2) is 4.79 Å². The Morgan fingerprint density at radius 1 is 1.27 bits per heavy atom. The highest BCUT2D eigenvalue weighted by atomic mass is 16.5. The molecular weight excluding hydrogens is 286 g/mol. The minimum atomic E-state index is -1.04. The van der Waals surface area contributed by atoms with Gasteiger partial charge in [0.1, 0.15) is 18.4 Å². The van der Waals surface area contributed by atoms with Gasteiger partial charge in [-0.05, 0) is 24.1 Å². The van der Waals surface area contributed by atoms with Crippen molar-refractivity contribution in [2.75, 3.05) is 0 Å². The average Bonchev–Trinajstić information content (AvgIpc) is 2.91. The maximum atomic E-state index is 11.8. The summed E-state index contributed by atoms with van der Waals surface area (Å²) >= 11 is 0. The number of carboxylic acids is 1. The first-order valence-corrected chi connectivity index (χ1v) is 6.79. The SMILES string of the molecule is Cc1ccoc1C(CC(=O)O)NC(=O)OCc1ccccc1. The molecule has 2 rings (SSSR count). The van der Waals surface area contributed by atoms with E-state index in [-0.39, 0.29) is 13.0 Å². The summed E-state index contributed by atoms with van der Waals surface area (Å²) in [5, 5.41) is 11.5. The number of nitrogens with one attached hydrogen (secondary N) is 1. The van der Waals surface area contributed by atoms with E-state index in [1.807, 2.05) is 30.3 Å². The van der Waals surface area contributed by atoms with Gasteiger partial charge in [-0.3, -0.25) is 4.79 Å². The van der Waals surface area contributed by atoms with E-state index in [9.17, 15) is 9.59 Å². The van der Waals surface area contributed by atoms with Crippen LogP contribution in [0.3, 0.4) is 0 Å². The van der Waals surface area contributed by atoms with Crippen molar-refractivity contribution in [1.29, 1.82) is 0 Å². The lowest BCUT2D eigenvalue weighted by Crippen LogP contribution is -2.30. The Morgan fingerprint density at radius 3 is 2.59 bits per heavy atom. The number of carboxylic acid groups (broad SMARTS) is 1. The van der Waals surface area contributed by atoms with Crippen LogP contribution in [0.5, 0.6) is 0 Å². The van der Waals surface area contributed by atoms with Gasteiger partial charge in [-0.15, -0.1) is 0 Å². The highest BCUT2D eigenvalue weighted by Crippen LogP contribution is 2.22. The highest BCUT2D eigenvalue weighted by molar-refractivity contribution is 5.71. The van der Waals surface area contributed by atoms with Crippen LogP contribution in [0.4, 0.5) is 4.79 Å². The van der Waals surface area contributed by atoms with Gasteiger partial charge in [0.15, 0.2) is 0 Å². The molecule has 0 fully saturated rings. The first-order valence-electron chi connectivity index (χ1n) is 6.79. The van der Waals surface area contributed by atoms with Gasteiger partial charge >= 0.3 is 12.1 Å². The number of carbonyl (C=O) groups excluding carboxylic acids is 1. The zero-order valence-corrected chi connectivity index (χ0v) is 12.1. The summed E-state index contributed by atoms with van der Waals surface area (Å²) in [5.74, 6) is -0.622. The molecule has 0 spiro atoms. The first-order chi connectivity index (χ1) is 10.6. The molecule has 0 saturated carbocycles. The molecule has 6 heteroatoms. The summed E-state index contributed by atoms with van der Waals surface area (Å²) in [4.78, 5) is 22.8. The number of hydrogen-bond donors (Lipinski definition) is 2. The molecule has 1 heterocycles. The molecule has 0 aliphatic carbocycles. The lowest BCUT2D eigenvalue weighted by Gasteiger charge is -2.15. The Bertz CT molecular complexity index is 635. The molecule has 22 heavy (non-hydrogen) atoms. The van der Waals surface area contributed by atoms with Crippen molar-refractivity contribution in [3.05, 3.63) is 59.5 Å². The predicted molar refractivity (Wildman–Crippen MR) is 78.2 cm³/mol. The third-order valence-corrected chi connectivity index (χ3v) is 3.10. The van der Waals surface area contributed by atoms with Crippen molar-refractivity contribution in [3.8, 4) is 0 Å². The maximum Gasteiger partial charge on any atom is 0.408 e. The third kappa shape index (κ3) is 4.37. The fourth-order valence-electron chi connectivity index (χ4n) is 2.03. The predicted octanol–water partition coefficient (Wildman–Crippen LogP) is 3.03. The summed E-state index contributed by atoms with van der Waals surface area (Å²) in [6.07, 6.45) is 0.483. The summed E-state index contributed by atoms with van der Waals surface area (Å²) in [5.41, 5.74) is 1.62. The average molecular weight is 303 g/mol. The molecule has 0 saturated heterocycles. The molecule has 1 atom stereocenters. The van der Waals surface area contributed by atoms with E-state index in [4.69, 9.17) is 14.3 Å². The second-order valence-electron chi connectivity index (χ2n) is 4.82. The number of benzene rings is 1. The Labute approximate surface area is 127 Å². The van der Waals surface area contributed by atoms with E-state index in [0.717, 1.165) is 11.1 Å². The number of carbonyl (C=O) groups is 2. The molecule has 1 aromatic carbocycles. The van der Waals surface area contributed by atoms with Crippen molar-refractivity contribution < 1.29 is 23.8 Å². The monoisotopic (exact) mass is 303 g/mol.